The molecule has 1 unspecified atom stereocenters. The second-order valence-corrected chi connectivity index (χ2v) is 2.31. The van der Waals surface area contributed by atoms with Gasteiger partial charge in [-0.2, -0.15) is 0 Å². The molecule has 58 valence electrons. The van der Waals surface area contributed by atoms with E-state index in [0.717, 1.165) is 0 Å². The van der Waals surface area contributed by atoms with Gasteiger partial charge in [-0.3, -0.25) is 4.79 Å². The minimum absolute atomic E-state index is 0.639. The van der Waals surface area contributed by atoms with Gasteiger partial charge in [-0.05, 0) is 20.8 Å². The first-order chi connectivity index (χ1) is 4.46. The summed E-state index contributed by atoms with van der Waals surface area (Å²) in [4.78, 5) is 11.7. The number of nitrogens with zero attached hydrogens (tertiary/aromatic N) is 1. The molecule has 0 saturated carbocycles. The van der Waals surface area contributed by atoms with E-state index in [1.54, 1.807) is 7.05 Å². The summed E-state index contributed by atoms with van der Waals surface area (Å²) in [5.41, 5.74) is 0. The van der Waals surface area contributed by atoms with Crippen LogP contribution in [0, 0.1) is 0 Å². The first kappa shape index (κ1) is 9.45. The van der Waals surface area contributed by atoms with Crippen LogP contribution in [0.15, 0.2) is 0 Å². The van der Waals surface area contributed by atoms with Gasteiger partial charge in [0, 0.05) is 0 Å². The van der Waals surface area contributed by atoms with Gasteiger partial charge in [-0.25, -0.2) is 0 Å². The minimum atomic E-state index is -0.927. The zero-order chi connectivity index (χ0) is 8.31. The Hall–Kier alpha value is -0.545. The Morgan fingerprint density at radius 1 is 1.70 bits per heavy atom. The topological polar surface area (TPSA) is 60.8 Å². The molecule has 2 N–H and O–H groups in total. The molecule has 0 aliphatic heterocycles. The highest BCUT2D eigenvalue weighted by Gasteiger charge is 2.22. The van der Waals surface area contributed by atoms with Crippen molar-refractivity contribution in [1.82, 2.24) is 4.81 Å². The maximum Gasteiger partial charge on any atom is 0.376 e. The highest BCUT2D eigenvalue weighted by atomic mass is 16.4. The SMILES string of the molecule is CB(O)N(C)C(C)C(=O)O. The number of carboxylic acid groups (broad SMARTS) is 1. The van der Waals surface area contributed by atoms with Crippen LogP contribution in [0.3, 0.4) is 0 Å². The Bertz CT molecular complexity index is 128. The molecular formula is C5H12BNO3. The standard InChI is InChI=1S/C5H12BNO3/c1-4(5(8)9)7(3)6(2)10/h4,10H,1-3H3,(H,8,9). The summed E-state index contributed by atoms with van der Waals surface area (Å²) in [5, 5.41) is 17.4. The third kappa shape index (κ3) is 2.37. The van der Waals surface area contributed by atoms with Gasteiger partial charge in [0.2, 0.25) is 0 Å². The average Bonchev–Trinajstić information content (AvgIpc) is 1.84. The Morgan fingerprint density at radius 3 is 2.20 bits per heavy atom. The number of hydrogen-bond acceptors (Lipinski definition) is 3. The van der Waals surface area contributed by atoms with Crippen LogP contribution in [0.5, 0.6) is 0 Å². The molecule has 0 aromatic rings. The lowest BCUT2D eigenvalue weighted by molar-refractivity contribution is -0.140. The van der Waals surface area contributed by atoms with Gasteiger partial charge in [0.25, 0.3) is 0 Å². The molecule has 0 bridgehead atoms. The second kappa shape index (κ2) is 3.58. The van der Waals surface area contributed by atoms with Gasteiger partial charge in [0.05, 0.1) is 6.04 Å². The summed E-state index contributed by atoms with van der Waals surface area (Å²) >= 11 is 0. The van der Waals surface area contributed by atoms with Crippen LogP contribution in [0.1, 0.15) is 6.92 Å². The predicted octanol–water partition coefficient (Wildman–Crippen LogP) is -0.498. The number of carbonyl (C=O) groups is 1. The van der Waals surface area contributed by atoms with Gasteiger partial charge in [-0.1, -0.05) is 0 Å². The van der Waals surface area contributed by atoms with Gasteiger partial charge >= 0.3 is 13.0 Å². The third-order valence-electron chi connectivity index (χ3n) is 1.56. The molecule has 0 radical (unpaired) electrons. The van der Waals surface area contributed by atoms with E-state index in [1.807, 2.05) is 0 Å². The van der Waals surface area contributed by atoms with Crippen LogP contribution >= 0.6 is 0 Å². The smallest absolute Gasteiger partial charge is 0.376 e. The van der Waals surface area contributed by atoms with E-state index < -0.39 is 19.1 Å². The van der Waals surface area contributed by atoms with Crippen molar-refractivity contribution < 1.29 is 14.9 Å². The Labute approximate surface area is 60.6 Å². The molecule has 0 aromatic carbocycles. The van der Waals surface area contributed by atoms with Crippen LogP contribution in [-0.2, 0) is 4.79 Å². The highest BCUT2D eigenvalue weighted by molar-refractivity contribution is 6.45. The third-order valence-corrected chi connectivity index (χ3v) is 1.56. The van der Waals surface area contributed by atoms with E-state index in [0.29, 0.717) is 0 Å². The van der Waals surface area contributed by atoms with Crippen molar-refractivity contribution in [2.75, 3.05) is 7.05 Å². The van der Waals surface area contributed by atoms with Crippen LogP contribution in [-0.4, -0.2) is 41.1 Å². The zero-order valence-electron chi connectivity index (χ0n) is 6.40. The molecule has 0 rings (SSSR count). The van der Waals surface area contributed by atoms with Crippen molar-refractivity contribution in [3.05, 3.63) is 0 Å². The normalized spacial score (nSPS) is 13.3. The van der Waals surface area contributed by atoms with E-state index in [-0.39, 0.29) is 0 Å². The first-order valence-electron chi connectivity index (χ1n) is 3.09. The molecule has 0 aromatic heterocycles. The Kier molecular flexibility index (Phi) is 3.39. The fourth-order valence-electron chi connectivity index (χ4n) is 0.498. The molecule has 0 aliphatic rings. The Morgan fingerprint density at radius 2 is 2.10 bits per heavy atom. The summed E-state index contributed by atoms with van der Waals surface area (Å²) < 4.78 is 0. The number of likely N-dealkylation sites (N-methyl/N-ethyl adjacent to an activating group) is 1. The number of aliphatic carboxylic acids is 1. The molecule has 1 atom stereocenters. The van der Waals surface area contributed by atoms with Crippen LogP contribution in [0.2, 0.25) is 6.82 Å². The van der Waals surface area contributed by atoms with Gasteiger partial charge in [0.1, 0.15) is 0 Å². The quantitative estimate of drug-likeness (QED) is 0.525. The van der Waals surface area contributed by atoms with E-state index in [2.05, 4.69) is 0 Å². The maximum atomic E-state index is 10.3. The molecule has 0 aliphatic carbocycles. The number of carboxylic acids is 1. The van der Waals surface area contributed by atoms with E-state index in [1.165, 1.54) is 18.6 Å². The fraction of sp³-hybridized carbons (Fsp3) is 0.800. The number of hydrogen-bond donors (Lipinski definition) is 2. The van der Waals surface area contributed by atoms with Crippen molar-refractivity contribution in [3.8, 4) is 0 Å². The van der Waals surface area contributed by atoms with Crippen molar-refractivity contribution in [1.29, 1.82) is 0 Å². The molecular weight excluding hydrogens is 133 g/mol. The van der Waals surface area contributed by atoms with Gasteiger partial charge < -0.3 is 14.9 Å². The molecule has 0 amide bonds. The van der Waals surface area contributed by atoms with E-state index in [9.17, 15) is 4.79 Å². The molecule has 5 heteroatoms. The highest BCUT2D eigenvalue weighted by Crippen LogP contribution is 1.96. The monoisotopic (exact) mass is 145 g/mol. The lowest BCUT2D eigenvalue weighted by Gasteiger charge is -2.21. The summed E-state index contributed by atoms with van der Waals surface area (Å²) in [7, 11) is 0.842. The largest absolute Gasteiger partial charge is 0.480 e. The summed E-state index contributed by atoms with van der Waals surface area (Å²) in [6.45, 7) is 3.05. The van der Waals surface area contributed by atoms with E-state index >= 15 is 0 Å². The number of rotatable bonds is 3. The van der Waals surface area contributed by atoms with Crippen molar-refractivity contribution >= 4 is 13.0 Å². The average molecular weight is 145 g/mol. The molecule has 0 fully saturated rings. The predicted molar refractivity (Wildman–Crippen MR) is 38.7 cm³/mol. The summed E-state index contributed by atoms with van der Waals surface area (Å²) in [6.07, 6.45) is 0. The van der Waals surface area contributed by atoms with Crippen molar-refractivity contribution in [2.45, 2.75) is 19.8 Å². The first-order valence-corrected chi connectivity index (χ1v) is 3.09. The summed E-state index contributed by atoms with van der Waals surface area (Å²) in [6, 6.07) is -0.639. The molecule has 4 nitrogen and oxygen atoms in total. The molecule has 10 heavy (non-hydrogen) atoms. The Balaban J connectivity index is 3.94. The zero-order valence-corrected chi connectivity index (χ0v) is 6.40. The van der Waals surface area contributed by atoms with Gasteiger partial charge in [-0.15, -0.1) is 0 Å². The van der Waals surface area contributed by atoms with E-state index in [4.69, 9.17) is 10.1 Å². The lowest BCUT2D eigenvalue weighted by atomic mass is 9.84. The molecule has 0 heterocycles. The fourth-order valence-corrected chi connectivity index (χ4v) is 0.498. The molecule has 0 saturated heterocycles. The maximum absolute atomic E-state index is 10.3. The second-order valence-electron chi connectivity index (χ2n) is 2.31. The summed E-state index contributed by atoms with van der Waals surface area (Å²) in [5.74, 6) is -0.927. The lowest BCUT2D eigenvalue weighted by Crippen LogP contribution is -2.44. The van der Waals surface area contributed by atoms with Crippen LogP contribution in [0.25, 0.3) is 0 Å². The van der Waals surface area contributed by atoms with Crippen LogP contribution in [0.4, 0.5) is 0 Å². The van der Waals surface area contributed by atoms with Gasteiger partial charge in [0.15, 0.2) is 0 Å². The van der Waals surface area contributed by atoms with Crippen molar-refractivity contribution in [2.24, 2.45) is 0 Å². The van der Waals surface area contributed by atoms with Crippen LogP contribution < -0.4 is 0 Å². The van der Waals surface area contributed by atoms with Crippen molar-refractivity contribution in [3.63, 3.8) is 0 Å². The molecule has 0 spiro atoms. The minimum Gasteiger partial charge on any atom is -0.480 e.